The predicted molar refractivity (Wildman–Crippen MR) is 122 cm³/mol. The normalized spacial score (nSPS) is 34.8. The van der Waals surface area contributed by atoms with Crippen molar-refractivity contribution in [1.82, 2.24) is 0 Å². The summed E-state index contributed by atoms with van der Waals surface area (Å²) in [6.45, 7) is 0. The third-order valence-electron chi connectivity index (χ3n) is 8.95. The molecule has 2 fully saturated rings. The minimum absolute atomic E-state index is 0.00985. The zero-order valence-corrected chi connectivity index (χ0v) is 17.7. The van der Waals surface area contributed by atoms with Crippen LogP contribution in [0.5, 0.6) is 0 Å². The fourth-order valence-electron chi connectivity index (χ4n) is 7.75. The van der Waals surface area contributed by atoms with Gasteiger partial charge in [-0.05, 0) is 71.1 Å². The van der Waals surface area contributed by atoms with Gasteiger partial charge in [0.2, 0.25) is 11.8 Å². The molecule has 156 valence electrons. The first-order valence-electron chi connectivity index (χ1n) is 11.9. The Balaban J connectivity index is 1.27. The van der Waals surface area contributed by atoms with E-state index in [2.05, 4.69) is 60.7 Å². The van der Waals surface area contributed by atoms with Crippen LogP contribution < -0.4 is 4.90 Å². The molecular formula is C29H23NO2. The Morgan fingerprint density at radius 3 is 2.22 bits per heavy atom. The summed E-state index contributed by atoms with van der Waals surface area (Å²) >= 11 is 0. The van der Waals surface area contributed by atoms with Crippen molar-refractivity contribution in [3.8, 4) is 0 Å². The Bertz CT molecular complexity index is 1310. The first-order chi connectivity index (χ1) is 15.7. The van der Waals surface area contributed by atoms with Crippen LogP contribution in [0.3, 0.4) is 0 Å². The van der Waals surface area contributed by atoms with Gasteiger partial charge in [-0.15, -0.1) is 0 Å². The third kappa shape index (κ3) is 1.90. The molecule has 3 heteroatoms. The number of hydrogen-bond donors (Lipinski definition) is 0. The first kappa shape index (κ1) is 17.4. The number of anilines is 1. The van der Waals surface area contributed by atoms with E-state index < -0.39 is 0 Å². The van der Waals surface area contributed by atoms with Crippen LogP contribution in [0.2, 0.25) is 0 Å². The second-order valence-electron chi connectivity index (χ2n) is 10.2. The Morgan fingerprint density at radius 1 is 0.781 bits per heavy atom. The van der Waals surface area contributed by atoms with E-state index in [0.717, 1.165) is 24.9 Å². The fraction of sp³-hybridized carbons (Fsp3) is 0.310. The molecule has 0 aromatic heterocycles. The number of hydrogen-bond acceptors (Lipinski definition) is 2. The van der Waals surface area contributed by atoms with Crippen molar-refractivity contribution in [3.63, 3.8) is 0 Å². The highest BCUT2D eigenvalue weighted by atomic mass is 16.2. The molecule has 32 heavy (non-hydrogen) atoms. The summed E-state index contributed by atoms with van der Waals surface area (Å²) in [5, 5.41) is 0. The zero-order valence-electron chi connectivity index (χ0n) is 17.7. The SMILES string of the molecule is O=C1C2C3C=CC(C3)C2C(=O)N1c1ccc2c(c1)C1C3=C(CCC=C3)C2c2ccccc21. The number of fused-ring (bicyclic) bond motifs is 5. The number of carbonyl (C=O) groups is 2. The Labute approximate surface area is 187 Å². The van der Waals surface area contributed by atoms with Crippen LogP contribution in [0.25, 0.3) is 0 Å². The molecule has 1 saturated carbocycles. The van der Waals surface area contributed by atoms with E-state index in [1.165, 1.54) is 32.7 Å². The average molecular weight is 418 g/mol. The molecule has 0 radical (unpaired) electrons. The molecule has 7 aliphatic rings. The summed E-state index contributed by atoms with van der Waals surface area (Å²) in [5.41, 5.74) is 9.19. The van der Waals surface area contributed by atoms with Crippen LogP contribution in [-0.2, 0) is 9.59 Å². The molecule has 6 atom stereocenters. The summed E-state index contributed by atoms with van der Waals surface area (Å²) in [7, 11) is 0. The van der Waals surface area contributed by atoms with Crippen molar-refractivity contribution in [2.75, 3.05) is 4.90 Å². The number of allylic oxidation sites excluding steroid dienone is 6. The number of benzene rings is 2. The van der Waals surface area contributed by atoms with Gasteiger partial charge in [-0.2, -0.15) is 0 Å². The summed E-state index contributed by atoms with van der Waals surface area (Å²) in [6, 6.07) is 15.2. The minimum Gasteiger partial charge on any atom is -0.274 e. The standard InChI is InChI=1S/C29H23NO2/c31-28-24-15-9-10-16(13-15)25(24)29(32)30(28)17-11-12-22-23(14-17)27-20-7-3-1-5-18(20)26(22)19-6-2-4-8-21(19)27/h1,3-5,7-12,14-16,24-27H,2,6,13H2. The molecule has 2 amide bonds. The molecule has 6 aliphatic carbocycles. The summed E-state index contributed by atoms with van der Waals surface area (Å²) < 4.78 is 0. The monoisotopic (exact) mass is 417 g/mol. The number of rotatable bonds is 1. The maximum atomic E-state index is 13.4. The fourth-order valence-corrected chi connectivity index (χ4v) is 7.75. The van der Waals surface area contributed by atoms with Crippen LogP contribution in [0.4, 0.5) is 5.69 Å². The van der Waals surface area contributed by atoms with Gasteiger partial charge in [0.15, 0.2) is 0 Å². The van der Waals surface area contributed by atoms with Crippen LogP contribution in [0.15, 0.2) is 77.9 Å². The largest absolute Gasteiger partial charge is 0.274 e. The molecule has 1 aliphatic heterocycles. The quantitative estimate of drug-likeness (QED) is 0.470. The first-order valence-corrected chi connectivity index (χ1v) is 11.9. The van der Waals surface area contributed by atoms with Crippen LogP contribution in [0.1, 0.15) is 53.4 Å². The second-order valence-corrected chi connectivity index (χ2v) is 10.2. The van der Waals surface area contributed by atoms with E-state index in [-0.39, 0.29) is 41.4 Å². The lowest BCUT2D eigenvalue weighted by Crippen LogP contribution is -2.34. The van der Waals surface area contributed by atoms with Gasteiger partial charge < -0.3 is 0 Å². The summed E-state index contributed by atoms with van der Waals surface area (Å²) in [6.07, 6.45) is 12.1. The maximum Gasteiger partial charge on any atom is 0.238 e. The van der Waals surface area contributed by atoms with Crippen molar-refractivity contribution in [2.45, 2.75) is 31.1 Å². The maximum absolute atomic E-state index is 13.4. The van der Waals surface area contributed by atoms with Gasteiger partial charge in [-0.1, -0.05) is 60.2 Å². The van der Waals surface area contributed by atoms with E-state index in [1.54, 1.807) is 5.57 Å². The lowest BCUT2D eigenvalue weighted by Gasteiger charge is -2.44. The molecule has 6 unspecified atom stereocenters. The highest BCUT2D eigenvalue weighted by Crippen LogP contribution is 2.59. The van der Waals surface area contributed by atoms with Gasteiger partial charge in [0.05, 0.1) is 17.5 Å². The molecule has 2 aromatic carbocycles. The lowest BCUT2D eigenvalue weighted by molar-refractivity contribution is -0.123. The number of amides is 2. The molecule has 0 N–H and O–H groups in total. The van der Waals surface area contributed by atoms with Crippen LogP contribution in [-0.4, -0.2) is 11.8 Å². The van der Waals surface area contributed by atoms with Gasteiger partial charge >= 0.3 is 0 Å². The molecule has 1 heterocycles. The van der Waals surface area contributed by atoms with Crippen molar-refractivity contribution in [3.05, 3.63) is 100 Å². The zero-order chi connectivity index (χ0) is 21.1. The highest BCUT2D eigenvalue weighted by molar-refractivity contribution is 6.22. The van der Waals surface area contributed by atoms with Crippen molar-refractivity contribution < 1.29 is 9.59 Å². The molecule has 4 bridgehead atoms. The number of carbonyl (C=O) groups excluding carboxylic acids is 2. The van der Waals surface area contributed by atoms with E-state index in [9.17, 15) is 9.59 Å². The van der Waals surface area contributed by atoms with E-state index in [0.29, 0.717) is 5.92 Å². The molecule has 1 saturated heterocycles. The highest BCUT2D eigenvalue weighted by Gasteiger charge is 2.59. The Morgan fingerprint density at radius 2 is 1.47 bits per heavy atom. The van der Waals surface area contributed by atoms with E-state index >= 15 is 0 Å². The van der Waals surface area contributed by atoms with Gasteiger partial charge in [0, 0.05) is 11.8 Å². The van der Waals surface area contributed by atoms with E-state index in [4.69, 9.17) is 0 Å². The molecule has 9 rings (SSSR count). The lowest BCUT2D eigenvalue weighted by atomic mass is 9.59. The smallest absolute Gasteiger partial charge is 0.238 e. The van der Waals surface area contributed by atoms with Gasteiger partial charge in [-0.3, -0.25) is 14.5 Å². The van der Waals surface area contributed by atoms with Crippen molar-refractivity contribution >= 4 is 17.5 Å². The number of imide groups is 1. The molecule has 2 aromatic rings. The van der Waals surface area contributed by atoms with Crippen molar-refractivity contribution in [2.24, 2.45) is 23.7 Å². The van der Waals surface area contributed by atoms with Gasteiger partial charge in [0.25, 0.3) is 0 Å². The van der Waals surface area contributed by atoms with Gasteiger partial charge in [-0.25, -0.2) is 0 Å². The van der Waals surface area contributed by atoms with Crippen LogP contribution in [0, 0.1) is 23.7 Å². The molecule has 0 spiro atoms. The predicted octanol–water partition coefficient (Wildman–Crippen LogP) is 5.24. The van der Waals surface area contributed by atoms with Gasteiger partial charge in [0.1, 0.15) is 0 Å². The summed E-state index contributed by atoms with van der Waals surface area (Å²) in [5.74, 6) is 0.695. The third-order valence-corrected chi connectivity index (χ3v) is 8.95. The summed E-state index contributed by atoms with van der Waals surface area (Å²) in [4.78, 5) is 28.3. The Kier molecular flexibility index (Phi) is 3.13. The number of nitrogens with zero attached hydrogens (tertiary/aromatic N) is 1. The van der Waals surface area contributed by atoms with E-state index in [1.807, 2.05) is 6.07 Å². The average Bonchev–Trinajstić information content (AvgIpc) is 3.52. The van der Waals surface area contributed by atoms with Crippen molar-refractivity contribution in [1.29, 1.82) is 0 Å². The molecular weight excluding hydrogens is 394 g/mol. The topological polar surface area (TPSA) is 37.4 Å². The Hall–Kier alpha value is -3.20. The second kappa shape index (κ2) is 5.78. The minimum atomic E-state index is -0.152. The van der Waals surface area contributed by atoms with Crippen LogP contribution >= 0.6 is 0 Å². The molecule has 3 nitrogen and oxygen atoms in total.